The summed E-state index contributed by atoms with van der Waals surface area (Å²) in [6.07, 6.45) is 5.35. The Morgan fingerprint density at radius 1 is 0.885 bits per heavy atom. The van der Waals surface area contributed by atoms with Crippen LogP contribution in [0.3, 0.4) is 0 Å². The normalized spacial score (nSPS) is 41.4. The summed E-state index contributed by atoms with van der Waals surface area (Å²) in [5.74, 6) is -7.59. The van der Waals surface area contributed by atoms with Crippen molar-refractivity contribution in [1.29, 1.82) is 0 Å². The van der Waals surface area contributed by atoms with Crippen LogP contribution in [0.15, 0.2) is 12.2 Å². The number of ether oxygens (including phenoxy) is 6. The van der Waals surface area contributed by atoms with Crippen LogP contribution in [0.1, 0.15) is 147 Å². The number of rotatable bonds is 16. The number of nitrogens with one attached hydrogen (secondary N) is 1. The van der Waals surface area contributed by atoms with E-state index in [0.29, 0.717) is 57.8 Å². The zero-order valence-corrected chi connectivity index (χ0v) is 38.6. The summed E-state index contributed by atoms with van der Waals surface area (Å²) in [5, 5.41) is 35.8. The number of hydrogen-bond acceptors (Lipinski definition) is 12. The van der Waals surface area contributed by atoms with Crippen LogP contribution in [-0.2, 0) is 47.6 Å². The zero-order chi connectivity index (χ0) is 45.2. The van der Waals surface area contributed by atoms with E-state index in [4.69, 9.17) is 28.4 Å². The van der Waals surface area contributed by atoms with Gasteiger partial charge in [-0.05, 0) is 96.5 Å². The molecule has 0 radical (unpaired) electrons. The molecule has 14 heteroatoms. The highest BCUT2D eigenvalue weighted by Gasteiger charge is 2.63. The van der Waals surface area contributed by atoms with Crippen LogP contribution >= 0.6 is 0 Å². The first-order valence-electron chi connectivity index (χ1n) is 23.3. The number of aliphatic carboxylic acids is 1. The maximum Gasteiger partial charge on any atom is 0.315 e. The van der Waals surface area contributed by atoms with Crippen molar-refractivity contribution in [3.05, 3.63) is 12.2 Å². The second-order valence-electron chi connectivity index (χ2n) is 19.5. The summed E-state index contributed by atoms with van der Waals surface area (Å²) in [6, 6.07) is -0.809. The molecule has 5 heterocycles. The Balaban J connectivity index is 1.40. The number of aliphatic hydroxyl groups excluding tert-OH is 1. The Bertz CT molecular complexity index is 1590. The third-order valence-corrected chi connectivity index (χ3v) is 15.4. The average Bonchev–Trinajstić information content (AvgIpc) is 3.55. The van der Waals surface area contributed by atoms with Crippen molar-refractivity contribution in [3.63, 3.8) is 0 Å². The van der Waals surface area contributed by atoms with Crippen molar-refractivity contribution in [2.24, 2.45) is 41.4 Å². The van der Waals surface area contributed by atoms with E-state index in [0.717, 1.165) is 6.42 Å². The summed E-state index contributed by atoms with van der Waals surface area (Å²) >= 11 is 0. The van der Waals surface area contributed by atoms with Gasteiger partial charge in [-0.2, -0.15) is 0 Å². The molecule has 0 unspecified atom stereocenters. The molecule has 5 aliphatic rings. The molecule has 2 spiro atoms. The molecule has 1 amide bonds. The Kier molecular flexibility index (Phi) is 16.0. The van der Waals surface area contributed by atoms with Crippen LogP contribution in [0.4, 0.5) is 0 Å². The van der Waals surface area contributed by atoms with Gasteiger partial charge in [0.25, 0.3) is 0 Å². The monoisotopic (exact) mass is 864 g/mol. The van der Waals surface area contributed by atoms with Gasteiger partial charge in [-0.25, -0.2) is 0 Å². The predicted octanol–water partition coefficient (Wildman–Crippen LogP) is 6.27. The lowest BCUT2D eigenvalue weighted by Crippen LogP contribution is -2.65. The van der Waals surface area contributed by atoms with Gasteiger partial charge in [0, 0.05) is 30.1 Å². The van der Waals surface area contributed by atoms with Crippen LogP contribution in [0.5, 0.6) is 0 Å². The van der Waals surface area contributed by atoms with Gasteiger partial charge < -0.3 is 49.1 Å². The van der Waals surface area contributed by atoms with Gasteiger partial charge in [0.15, 0.2) is 11.6 Å². The first-order chi connectivity index (χ1) is 28.6. The van der Waals surface area contributed by atoms with Gasteiger partial charge >= 0.3 is 11.9 Å². The number of ketones is 1. The van der Waals surface area contributed by atoms with Crippen molar-refractivity contribution < 1.29 is 62.9 Å². The van der Waals surface area contributed by atoms with Gasteiger partial charge in [-0.3, -0.25) is 19.2 Å². The molecular formula is C47H77NO13. The minimum Gasteiger partial charge on any atom is -0.481 e. The SMILES string of the molecule is CCOC(=O)CC(=O)N[C@H]1C=C[C@]2(O[C@H]([C@@H](CC)C(=O)[C@@H](C)[C@@H](O)[C@H](C)[C@@H]3O[C@@H]([C@@H](CC)C(=O)O)CC[C@@H]3C)[C@@H](C)C[C@H]2C)O[C@@]12CC[C@@](C)([C@H]1CC[C@](O)(CC)[C@H](C)O1)O2. The second kappa shape index (κ2) is 19.7. The van der Waals surface area contributed by atoms with Crippen LogP contribution in [0.25, 0.3) is 0 Å². The molecule has 4 N–H and O–H groups in total. The van der Waals surface area contributed by atoms with E-state index < -0.39 is 107 Å². The second-order valence-corrected chi connectivity index (χ2v) is 19.5. The summed E-state index contributed by atoms with van der Waals surface area (Å²) < 4.78 is 39.3. The molecule has 5 aliphatic heterocycles. The van der Waals surface area contributed by atoms with E-state index in [1.165, 1.54) is 0 Å². The van der Waals surface area contributed by atoms with Crippen LogP contribution in [0, 0.1) is 41.4 Å². The molecule has 4 fully saturated rings. The lowest BCUT2D eigenvalue weighted by atomic mass is 9.72. The van der Waals surface area contributed by atoms with Crippen molar-refractivity contribution in [2.45, 2.75) is 212 Å². The van der Waals surface area contributed by atoms with E-state index in [1.807, 2.05) is 60.6 Å². The van der Waals surface area contributed by atoms with E-state index >= 15 is 0 Å². The van der Waals surface area contributed by atoms with Crippen molar-refractivity contribution in [3.8, 4) is 0 Å². The standard InChI is InChI=1S/C47H77NO13/c1-12-32(43(53)54)34-17-16-26(5)41(58-34)30(9)39(51)29(8)40(52)33(13-2)42-27(6)24-28(7)46(59-42)21-18-35(48-37(49)25-38(50)56-15-4)47(61-46)23-22-44(11,60-47)36-19-20-45(55,14-3)31(10)57-36/h18,21,26-36,39,41-42,51,55H,12-17,19-20,22-25H2,1-11H3,(H,48,49)(H,53,54)/t26-,27-,28+,29-,30-,31-,32+,33-,34+,35-,36+,39+,41+,42-,44-,45+,46-,47-/m0/s1. The number of carbonyl (C=O) groups excluding carboxylic acids is 3. The largest absolute Gasteiger partial charge is 0.481 e. The number of amides is 1. The van der Waals surface area contributed by atoms with E-state index in [2.05, 4.69) is 19.2 Å². The van der Waals surface area contributed by atoms with Crippen molar-refractivity contribution in [1.82, 2.24) is 5.32 Å². The smallest absolute Gasteiger partial charge is 0.315 e. The van der Waals surface area contributed by atoms with E-state index in [9.17, 15) is 34.5 Å². The molecule has 4 saturated heterocycles. The zero-order valence-electron chi connectivity index (χ0n) is 38.6. The van der Waals surface area contributed by atoms with Crippen LogP contribution in [0.2, 0.25) is 0 Å². The number of carboxylic acid groups (broad SMARTS) is 1. The van der Waals surface area contributed by atoms with Crippen LogP contribution < -0.4 is 5.32 Å². The Hall–Kier alpha value is -2.46. The van der Waals surface area contributed by atoms with Gasteiger partial charge in [0.2, 0.25) is 5.91 Å². The van der Waals surface area contributed by atoms with Gasteiger partial charge in [0.1, 0.15) is 18.2 Å². The maximum atomic E-state index is 14.6. The Morgan fingerprint density at radius 2 is 1.57 bits per heavy atom. The lowest BCUT2D eigenvalue weighted by Gasteiger charge is -2.55. The summed E-state index contributed by atoms with van der Waals surface area (Å²) in [6.45, 7) is 21.2. The Labute approximate surface area is 363 Å². The number of Topliss-reactive ketones (excluding diaryl/α,β-unsaturated/α-hetero) is 1. The quantitative estimate of drug-likeness (QED) is 0.0772. The summed E-state index contributed by atoms with van der Waals surface area (Å²) in [4.78, 5) is 52.3. The first kappa shape index (κ1) is 49.6. The molecule has 5 rings (SSSR count). The molecule has 0 aromatic heterocycles. The van der Waals surface area contributed by atoms with Crippen molar-refractivity contribution >= 4 is 23.6 Å². The van der Waals surface area contributed by atoms with E-state index in [-0.39, 0.29) is 36.2 Å². The maximum absolute atomic E-state index is 14.6. The number of carboxylic acids is 1. The van der Waals surface area contributed by atoms with Gasteiger partial charge in [0.05, 0.1) is 60.4 Å². The highest BCUT2D eigenvalue weighted by atomic mass is 16.8. The third-order valence-electron chi connectivity index (χ3n) is 15.4. The molecule has 0 aliphatic carbocycles. The molecule has 0 saturated carbocycles. The van der Waals surface area contributed by atoms with Gasteiger partial charge in [-0.1, -0.05) is 61.5 Å². The molecule has 348 valence electrons. The first-order valence-corrected chi connectivity index (χ1v) is 23.3. The minimum absolute atomic E-state index is 0.0556. The van der Waals surface area contributed by atoms with Crippen molar-refractivity contribution in [2.75, 3.05) is 6.61 Å². The highest BCUT2D eigenvalue weighted by molar-refractivity contribution is 5.94. The fourth-order valence-electron chi connectivity index (χ4n) is 11.2. The molecule has 0 bridgehead atoms. The predicted molar refractivity (Wildman–Crippen MR) is 226 cm³/mol. The average molecular weight is 864 g/mol. The molecule has 14 nitrogen and oxygen atoms in total. The summed E-state index contributed by atoms with van der Waals surface area (Å²) in [7, 11) is 0. The minimum atomic E-state index is -1.44. The number of hydrogen-bond donors (Lipinski definition) is 4. The Morgan fingerprint density at radius 3 is 2.18 bits per heavy atom. The van der Waals surface area contributed by atoms with Gasteiger partial charge in [-0.15, -0.1) is 0 Å². The number of esters is 1. The molecule has 0 aromatic rings. The topological polar surface area (TPSA) is 196 Å². The highest BCUT2D eigenvalue weighted by Crippen LogP contribution is 2.54. The fraction of sp³-hybridized carbons (Fsp3) is 0.872. The summed E-state index contributed by atoms with van der Waals surface area (Å²) in [5.41, 5.74) is -1.80. The fourth-order valence-corrected chi connectivity index (χ4v) is 11.2. The lowest BCUT2D eigenvalue weighted by molar-refractivity contribution is -0.398. The molecule has 61 heavy (non-hydrogen) atoms. The molecular weight excluding hydrogens is 787 g/mol. The third kappa shape index (κ3) is 10.1. The number of aliphatic hydroxyl groups is 2. The number of carbonyl (C=O) groups is 4. The van der Waals surface area contributed by atoms with Crippen LogP contribution in [-0.4, -0.2) is 111 Å². The molecule has 0 aromatic carbocycles. The van der Waals surface area contributed by atoms with E-state index in [1.54, 1.807) is 13.8 Å². The molecule has 18 atom stereocenters.